The molecule has 1 amide bonds. The molecular formula is C2H6ClN3O. The van der Waals surface area contributed by atoms with Gasteiger partial charge in [-0.2, -0.15) is 0 Å². The van der Waals surface area contributed by atoms with Crippen molar-refractivity contribution in [3.8, 4) is 0 Å². The van der Waals surface area contributed by atoms with Gasteiger partial charge in [-0.1, -0.05) is 0 Å². The number of halogens is 1. The Labute approximate surface area is 46.8 Å². The van der Waals surface area contributed by atoms with Crippen LogP contribution in [0.2, 0.25) is 0 Å². The maximum atomic E-state index is 9.57. The molecule has 0 heterocycles. The van der Waals surface area contributed by atoms with Crippen LogP contribution in [0.25, 0.3) is 0 Å². The van der Waals surface area contributed by atoms with Gasteiger partial charge in [0.15, 0.2) is 5.84 Å². The third-order valence-corrected chi connectivity index (χ3v) is 0.265. The molecule has 0 saturated heterocycles. The molecule has 7 heavy (non-hydrogen) atoms. The number of rotatable bonds is 0. The van der Waals surface area contributed by atoms with E-state index in [-0.39, 0.29) is 12.4 Å². The van der Waals surface area contributed by atoms with E-state index in [1.54, 1.807) is 0 Å². The van der Waals surface area contributed by atoms with E-state index in [2.05, 4.69) is 11.5 Å². The van der Waals surface area contributed by atoms with Crippen molar-refractivity contribution in [3.63, 3.8) is 0 Å². The Morgan fingerprint density at radius 3 is 1.57 bits per heavy atom. The number of amidine groups is 1. The van der Waals surface area contributed by atoms with E-state index in [4.69, 9.17) is 5.41 Å². The molecule has 0 rings (SSSR count). The number of carbonyl (C=O) groups excluding carboxylic acids is 1. The molecule has 0 saturated carbocycles. The summed E-state index contributed by atoms with van der Waals surface area (Å²) in [7, 11) is 0. The first-order chi connectivity index (χ1) is 2.64. The van der Waals surface area contributed by atoms with E-state index in [1.165, 1.54) is 0 Å². The number of nitrogens with one attached hydrogen (secondary N) is 1. The van der Waals surface area contributed by atoms with Gasteiger partial charge in [0.1, 0.15) is 0 Å². The summed E-state index contributed by atoms with van der Waals surface area (Å²) in [4.78, 5) is 9.57. The van der Waals surface area contributed by atoms with Crippen LogP contribution in [0.1, 0.15) is 0 Å². The average molecular weight is 124 g/mol. The van der Waals surface area contributed by atoms with Gasteiger partial charge in [0.05, 0.1) is 0 Å². The van der Waals surface area contributed by atoms with Gasteiger partial charge in [-0.3, -0.25) is 10.2 Å². The normalized spacial score (nSPS) is 6.29. The minimum absolute atomic E-state index is 0. The molecule has 0 unspecified atom stereocenters. The topological polar surface area (TPSA) is 93.0 Å². The van der Waals surface area contributed by atoms with Gasteiger partial charge in [-0.25, -0.2) is 0 Å². The lowest BCUT2D eigenvalue weighted by molar-refractivity contribution is -0.112. The van der Waals surface area contributed by atoms with Crippen LogP contribution in [0, 0.1) is 5.41 Å². The maximum Gasteiger partial charge on any atom is 0.283 e. The fraction of sp³-hybridized carbons (Fsp3) is 0. The highest BCUT2D eigenvalue weighted by atomic mass is 35.5. The summed E-state index contributed by atoms with van der Waals surface area (Å²) in [5, 5.41) is 6.25. The first-order valence-electron chi connectivity index (χ1n) is 1.28. The van der Waals surface area contributed by atoms with Crippen LogP contribution in [0.5, 0.6) is 0 Å². The Kier molecular flexibility index (Phi) is 4.65. The van der Waals surface area contributed by atoms with Crippen LogP contribution >= 0.6 is 12.4 Å². The summed E-state index contributed by atoms with van der Waals surface area (Å²) in [6.07, 6.45) is 0. The van der Waals surface area contributed by atoms with Gasteiger partial charge >= 0.3 is 0 Å². The van der Waals surface area contributed by atoms with E-state index >= 15 is 0 Å². The van der Waals surface area contributed by atoms with E-state index in [9.17, 15) is 4.79 Å². The van der Waals surface area contributed by atoms with Gasteiger partial charge in [-0.15, -0.1) is 12.4 Å². The Hall–Kier alpha value is -0.770. The number of primary amides is 1. The lowest BCUT2D eigenvalue weighted by atomic mass is 10.6. The quantitative estimate of drug-likeness (QED) is 0.280. The van der Waals surface area contributed by atoms with Gasteiger partial charge in [0, 0.05) is 0 Å². The molecule has 0 aliphatic rings. The summed E-state index contributed by atoms with van der Waals surface area (Å²) in [6, 6.07) is 0. The number of nitrogens with two attached hydrogens (primary N) is 2. The fourth-order valence-electron chi connectivity index (χ4n) is 0. The Balaban J connectivity index is 0. The first kappa shape index (κ1) is 9.52. The van der Waals surface area contributed by atoms with E-state index < -0.39 is 11.7 Å². The summed E-state index contributed by atoms with van der Waals surface area (Å²) < 4.78 is 0. The molecule has 0 atom stereocenters. The number of hydrogen-bond acceptors (Lipinski definition) is 2. The second kappa shape index (κ2) is 3.42. The van der Waals surface area contributed by atoms with Crippen LogP contribution in [0.15, 0.2) is 0 Å². The monoisotopic (exact) mass is 123 g/mol. The van der Waals surface area contributed by atoms with Crippen molar-refractivity contribution in [1.82, 2.24) is 0 Å². The summed E-state index contributed by atoms with van der Waals surface area (Å²) >= 11 is 0. The molecule has 0 spiro atoms. The number of hydrogen-bond donors (Lipinski definition) is 3. The summed E-state index contributed by atoms with van der Waals surface area (Å²) in [6.45, 7) is 0. The Morgan fingerprint density at radius 1 is 1.43 bits per heavy atom. The predicted molar refractivity (Wildman–Crippen MR) is 28.4 cm³/mol. The zero-order chi connectivity index (χ0) is 5.15. The van der Waals surface area contributed by atoms with Crippen molar-refractivity contribution in [1.29, 1.82) is 5.41 Å². The maximum absolute atomic E-state index is 9.57. The van der Waals surface area contributed by atoms with Crippen LogP contribution in [-0.2, 0) is 4.79 Å². The molecule has 4 nitrogen and oxygen atoms in total. The highest BCUT2D eigenvalue weighted by molar-refractivity contribution is 6.35. The molecule has 5 N–H and O–H groups in total. The fourth-order valence-corrected chi connectivity index (χ4v) is 0. The molecule has 0 bridgehead atoms. The minimum atomic E-state index is -0.880. The molecule has 0 aromatic rings. The van der Waals surface area contributed by atoms with Gasteiger partial charge in [0.2, 0.25) is 0 Å². The smallest absolute Gasteiger partial charge is 0.283 e. The lowest BCUT2D eigenvalue weighted by Crippen LogP contribution is -2.29. The Bertz CT molecular complexity index is 78.9. The molecular weight excluding hydrogens is 117 g/mol. The molecule has 0 radical (unpaired) electrons. The van der Waals surface area contributed by atoms with Crippen molar-refractivity contribution in [2.75, 3.05) is 0 Å². The zero-order valence-electron chi connectivity index (χ0n) is 3.47. The second-order valence-corrected chi connectivity index (χ2v) is 0.778. The summed E-state index contributed by atoms with van der Waals surface area (Å²) in [5.74, 6) is -1.48. The van der Waals surface area contributed by atoms with Gasteiger partial charge < -0.3 is 11.5 Å². The van der Waals surface area contributed by atoms with Crippen molar-refractivity contribution in [2.45, 2.75) is 0 Å². The van der Waals surface area contributed by atoms with Crippen LogP contribution in [0.3, 0.4) is 0 Å². The third kappa shape index (κ3) is 5.23. The second-order valence-electron chi connectivity index (χ2n) is 0.778. The average Bonchev–Trinajstić information content (AvgIpc) is 1.36. The third-order valence-electron chi connectivity index (χ3n) is 0.265. The highest BCUT2D eigenvalue weighted by Crippen LogP contribution is 1.46. The molecule has 42 valence electrons. The van der Waals surface area contributed by atoms with Crippen LogP contribution < -0.4 is 11.5 Å². The zero-order valence-corrected chi connectivity index (χ0v) is 4.29. The first-order valence-corrected chi connectivity index (χ1v) is 1.28. The molecule has 0 aliphatic heterocycles. The number of carbonyl (C=O) groups is 1. The molecule has 0 aliphatic carbocycles. The van der Waals surface area contributed by atoms with Gasteiger partial charge in [-0.05, 0) is 0 Å². The van der Waals surface area contributed by atoms with Crippen molar-refractivity contribution < 1.29 is 4.79 Å². The van der Waals surface area contributed by atoms with Crippen molar-refractivity contribution in [2.24, 2.45) is 11.5 Å². The largest absolute Gasteiger partial charge is 0.380 e. The van der Waals surface area contributed by atoms with Crippen LogP contribution in [-0.4, -0.2) is 11.7 Å². The van der Waals surface area contributed by atoms with E-state index in [0.29, 0.717) is 0 Å². The predicted octanol–water partition coefficient (Wildman–Crippen LogP) is -1.17. The Morgan fingerprint density at radius 2 is 1.57 bits per heavy atom. The molecule has 0 aromatic heterocycles. The van der Waals surface area contributed by atoms with Crippen molar-refractivity contribution in [3.05, 3.63) is 0 Å². The molecule has 0 fully saturated rings. The molecule has 5 heteroatoms. The standard InChI is InChI=1S/C2H5N3O.ClH/c3-1(4)2(5)6;/h(H3,3,4)(H2,5,6);1H. The molecule has 0 aromatic carbocycles. The summed E-state index contributed by atoms with van der Waals surface area (Å²) in [5.41, 5.74) is 8.99. The SMILES string of the molecule is Cl.N=C(N)C(N)=O. The minimum Gasteiger partial charge on any atom is -0.380 e. The number of amides is 1. The van der Waals surface area contributed by atoms with E-state index in [0.717, 1.165) is 0 Å². The van der Waals surface area contributed by atoms with E-state index in [1.807, 2.05) is 0 Å². The van der Waals surface area contributed by atoms with Gasteiger partial charge in [0.25, 0.3) is 5.91 Å². The van der Waals surface area contributed by atoms with Crippen LogP contribution in [0.4, 0.5) is 0 Å². The lowest BCUT2D eigenvalue weighted by Gasteiger charge is -1.80. The van der Waals surface area contributed by atoms with Crippen molar-refractivity contribution >= 4 is 24.1 Å². The highest BCUT2D eigenvalue weighted by Gasteiger charge is 1.90.